The number of pyridine rings is 1. The van der Waals surface area contributed by atoms with Gasteiger partial charge >= 0.3 is 6.18 Å². The van der Waals surface area contributed by atoms with Crippen molar-refractivity contribution >= 4 is 16.9 Å². The highest BCUT2D eigenvalue weighted by Gasteiger charge is 2.36. The van der Waals surface area contributed by atoms with Gasteiger partial charge in [-0.3, -0.25) is 14.3 Å². The molecule has 6 nitrogen and oxygen atoms in total. The van der Waals surface area contributed by atoms with Gasteiger partial charge < -0.3 is 5.32 Å². The Kier molecular flexibility index (Phi) is 5.54. The van der Waals surface area contributed by atoms with Crippen LogP contribution in [0.3, 0.4) is 0 Å². The van der Waals surface area contributed by atoms with E-state index in [-0.39, 0.29) is 17.9 Å². The molecule has 0 saturated heterocycles. The number of aromatic nitrogens is 3. The molecule has 0 saturated carbocycles. The van der Waals surface area contributed by atoms with E-state index in [1.165, 1.54) is 18.7 Å². The Morgan fingerprint density at radius 3 is 2.60 bits per heavy atom. The highest BCUT2D eigenvalue weighted by molar-refractivity contribution is 5.81. The lowest BCUT2D eigenvalue weighted by Crippen LogP contribution is -2.34. The molecule has 25 heavy (non-hydrogen) atoms. The number of hydrogen-bond donors (Lipinski definition) is 1. The fourth-order valence-electron chi connectivity index (χ4n) is 2.68. The zero-order chi connectivity index (χ0) is 18.8. The van der Waals surface area contributed by atoms with E-state index >= 15 is 0 Å². The third kappa shape index (κ3) is 4.02. The van der Waals surface area contributed by atoms with Gasteiger partial charge in [0.15, 0.2) is 5.65 Å². The molecule has 0 unspecified atom stereocenters. The number of unbranched alkanes of at least 4 members (excludes halogenated alkanes) is 2. The highest BCUT2D eigenvalue weighted by atomic mass is 19.4. The first kappa shape index (κ1) is 19.0. The summed E-state index contributed by atoms with van der Waals surface area (Å²) in [5.41, 5.74) is -1.84. The Bertz CT molecular complexity index is 836. The number of carbonyl (C=O) groups is 1. The third-order valence-electron chi connectivity index (χ3n) is 3.95. The summed E-state index contributed by atoms with van der Waals surface area (Å²) in [6.07, 6.45) is -1.89. The number of fused-ring (bicyclic) bond motifs is 1. The molecule has 9 heteroatoms. The van der Waals surface area contributed by atoms with Crippen molar-refractivity contribution in [1.29, 1.82) is 0 Å². The van der Waals surface area contributed by atoms with Gasteiger partial charge in [0.2, 0.25) is 5.91 Å². The molecule has 0 fully saturated rings. The van der Waals surface area contributed by atoms with Crippen LogP contribution >= 0.6 is 0 Å². The maximum absolute atomic E-state index is 13.3. The summed E-state index contributed by atoms with van der Waals surface area (Å²) >= 11 is 0. The first-order valence-corrected chi connectivity index (χ1v) is 8.07. The maximum atomic E-state index is 13.3. The summed E-state index contributed by atoms with van der Waals surface area (Å²) in [5, 5.41) is 2.15. The molecule has 0 bridgehead atoms. The third-order valence-corrected chi connectivity index (χ3v) is 3.95. The first-order valence-electron chi connectivity index (χ1n) is 8.07. The molecule has 2 aromatic heterocycles. The molecule has 2 aromatic rings. The van der Waals surface area contributed by atoms with Gasteiger partial charge in [0.05, 0.1) is 10.9 Å². The molecule has 0 aromatic carbocycles. The van der Waals surface area contributed by atoms with Gasteiger partial charge in [-0.2, -0.15) is 13.2 Å². The standard InChI is InChI=1S/C16H21F3N4O2/c1-4-5-6-7-20-12(24)9-23-15(25)13-11(16(17,18)19)8-10(2)21-14(13)22(23)3/h8H,4-7,9H2,1-3H3,(H,20,24). The molecule has 0 atom stereocenters. The van der Waals surface area contributed by atoms with Crippen molar-refractivity contribution < 1.29 is 18.0 Å². The number of halogens is 3. The Morgan fingerprint density at radius 1 is 1.32 bits per heavy atom. The van der Waals surface area contributed by atoms with Gasteiger partial charge in [-0.05, 0) is 19.4 Å². The zero-order valence-electron chi connectivity index (χ0n) is 14.4. The largest absolute Gasteiger partial charge is 0.417 e. The van der Waals surface area contributed by atoms with Crippen molar-refractivity contribution in [2.45, 2.75) is 45.8 Å². The van der Waals surface area contributed by atoms with Crippen LogP contribution in [0, 0.1) is 6.92 Å². The second-order valence-electron chi connectivity index (χ2n) is 5.95. The molecule has 138 valence electrons. The SMILES string of the molecule is CCCCCNC(=O)Cn1c(=O)c2c(C(F)(F)F)cc(C)nc2n1C. The number of aryl methyl sites for hydroxylation is 2. The number of hydrogen-bond acceptors (Lipinski definition) is 3. The zero-order valence-corrected chi connectivity index (χ0v) is 14.4. The van der Waals surface area contributed by atoms with Crippen molar-refractivity contribution in [3.05, 3.63) is 27.7 Å². The second-order valence-corrected chi connectivity index (χ2v) is 5.95. The van der Waals surface area contributed by atoms with Crippen molar-refractivity contribution in [2.24, 2.45) is 7.05 Å². The quantitative estimate of drug-likeness (QED) is 0.806. The van der Waals surface area contributed by atoms with E-state index < -0.39 is 28.6 Å². The summed E-state index contributed by atoms with van der Waals surface area (Å²) in [7, 11) is 1.42. The number of amides is 1. The summed E-state index contributed by atoms with van der Waals surface area (Å²) in [4.78, 5) is 28.5. The Labute approximate surface area is 142 Å². The molecular formula is C16H21F3N4O2. The van der Waals surface area contributed by atoms with E-state index in [0.717, 1.165) is 30.0 Å². The number of nitrogens with zero attached hydrogens (tertiary/aromatic N) is 3. The lowest BCUT2D eigenvalue weighted by Gasteiger charge is -2.09. The average Bonchev–Trinajstić information content (AvgIpc) is 2.75. The number of nitrogens with one attached hydrogen (secondary N) is 1. The average molecular weight is 358 g/mol. The van der Waals surface area contributed by atoms with Gasteiger partial charge in [0, 0.05) is 19.3 Å². The van der Waals surface area contributed by atoms with Crippen LogP contribution in [0.4, 0.5) is 13.2 Å². The van der Waals surface area contributed by atoms with E-state index in [9.17, 15) is 22.8 Å². The minimum absolute atomic E-state index is 0.0869. The van der Waals surface area contributed by atoms with Gasteiger partial charge in [0.25, 0.3) is 5.56 Å². The smallest absolute Gasteiger partial charge is 0.354 e. The van der Waals surface area contributed by atoms with E-state index in [1.807, 2.05) is 6.92 Å². The fraction of sp³-hybridized carbons (Fsp3) is 0.562. The predicted octanol–water partition coefficient (Wildman–Crippen LogP) is 2.37. The number of alkyl halides is 3. The van der Waals surface area contributed by atoms with E-state index in [4.69, 9.17) is 0 Å². The molecule has 0 aliphatic heterocycles. The minimum Gasteiger partial charge on any atom is -0.354 e. The molecule has 1 amide bonds. The lowest BCUT2D eigenvalue weighted by atomic mass is 10.1. The Hall–Kier alpha value is -2.32. The predicted molar refractivity (Wildman–Crippen MR) is 87.2 cm³/mol. The lowest BCUT2D eigenvalue weighted by molar-refractivity contribution is -0.136. The van der Waals surface area contributed by atoms with Crippen LogP contribution in [0.15, 0.2) is 10.9 Å². The van der Waals surface area contributed by atoms with Crippen molar-refractivity contribution in [1.82, 2.24) is 19.7 Å². The van der Waals surface area contributed by atoms with Crippen LogP contribution < -0.4 is 10.9 Å². The van der Waals surface area contributed by atoms with Crippen molar-refractivity contribution in [2.75, 3.05) is 6.54 Å². The molecule has 0 aliphatic rings. The van der Waals surface area contributed by atoms with E-state index in [0.29, 0.717) is 6.54 Å². The molecule has 0 radical (unpaired) electrons. The minimum atomic E-state index is -4.67. The highest BCUT2D eigenvalue weighted by Crippen LogP contribution is 2.33. The molecular weight excluding hydrogens is 337 g/mol. The van der Waals surface area contributed by atoms with Crippen molar-refractivity contribution in [3.8, 4) is 0 Å². The monoisotopic (exact) mass is 358 g/mol. The second kappa shape index (κ2) is 7.28. The van der Waals surface area contributed by atoms with Crippen LogP contribution in [-0.4, -0.2) is 26.8 Å². The summed E-state index contributed by atoms with van der Waals surface area (Å²) in [6, 6.07) is 0.846. The van der Waals surface area contributed by atoms with Gasteiger partial charge in [-0.1, -0.05) is 19.8 Å². The van der Waals surface area contributed by atoms with Crippen LogP contribution in [0.5, 0.6) is 0 Å². The first-order chi connectivity index (χ1) is 11.7. The van der Waals surface area contributed by atoms with Crippen LogP contribution in [0.25, 0.3) is 11.0 Å². The topological polar surface area (TPSA) is 68.9 Å². The van der Waals surface area contributed by atoms with E-state index in [2.05, 4.69) is 10.3 Å². The van der Waals surface area contributed by atoms with Gasteiger partial charge in [-0.15, -0.1) is 0 Å². The maximum Gasteiger partial charge on any atom is 0.417 e. The number of carbonyl (C=O) groups excluding carboxylic acids is 1. The Morgan fingerprint density at radius 2 is 2.00 bits per heavy atom. The van der Waals surface area contributed by atoms with Crippen LogP contribution in [-0.2, 0) is 24.6 Å². The van der Waals surface area contributed by atoms with E-state index in [1.54, 1.807) is 0 Å². The van der Waals surface area contributed by atoms with Crippen molar-refractivity contribution in [3.63, 3.8) is 0 Å². The van der Waals surface area contributed by atoms with Gasteiger partial charge in [0.1, 0.15) is 6.54 Å². The molecule has 0 spiro atoms. The summed E-state index contributed by atoms with van der Waals surface area (Å²) in [6.45, 7) is 3.58. The van der Waals surface area contributed by atoms with Crippen LogP contribution in [0.2, 0.25) is 0 Å². The normalized spacial score (nSPS) is 11.9. The summed E-state index contributed by atoms with van der Waals surface area (Å²) in [5.74, 6) is -0.422. The van der Waals surface area contributed by atoms with Gasteiger partial charge in [-0.25, -0.2) is 9.67 Å². The molecule has 2 heterocycles. The number of rotatable bonds is 6. The molecule has 2 rings (SSSR count). The van der Waals surface area contributed by atoms with Crippen LogP contribution in [0.1, 0.15) is 37.4 Å². The fourth-order valence-corrected chi connectivity index (χ4v) is 2.68. The molecule has 1 N–H and O–H groups in total. The Balaban J connectivity index is 2.39. The summed E-state index contributed by atoms with van der Waals surface area (Å²) < 4.78 is 41.9. The molecule has 0 aliphatic carbocycles.